The first-order chi connectivity index (χ1) is 10.1. The molecule has 2 amide bonds. The molecule has 1 aliphatic carbocycles. The predicted molar refractivity (Wildman–Crippen MR) is 80.4 cm³/mol. The van der Waals surface area contributed by atoms with Crippen LogP contribution in [0.2, 0.25) is 0 Å². The lowest BCUT2D eigenvalue weighted by atomic mass is 9.79. The van der Waals surface area contributed by atoms with Gasteiger partial charge >= 0.3 is 12.0 Å². The highest BCUT2D eigenvalue weighted by molar-refractivity contribution is 5.75. The average molecular weight is 290 g/mol. The second kappa shape index (κ2) is 7.11. The Bertz CT molecular complexity index is 516. The first-order valence-corrected chi connectivity index (χ1v) is 7.42. The standard InChI is InChI=1S/C16H22N2O3/c1-11(18-16(21)17-10-9-15(19)20)13-8-4-6-12-5-2-3-7-14(12)13/h2-3,5,7,11,13H,4,6,8-10H2,1H3,(H,19,20)(H2,17,18,21)/t11-,13?/m1/s1. The van der Waals surface area contributed by atoms with Crippen molar-refractivity contribution < 1.29 is 14.7 Å². The van der Waals surface area contributed by atoms with Crippen LogP contribution < -0.4 is 10.6 Å². The van der Waals surface area contributed by atoms with Crippen LogP contribution in [0.15, 0.2) is 24.3 Å². The van der Waals surface area contributed by atoms with Gasteiger partial charge in [0.15, 0.2) is 0 Å². The molecular formula is C16H22N2O3. The number of hydrogen-bond acceptors (Lipinski definition) is 2. The molecule has 0 heterocycles. The number of carbonyl (C=O) groups is 2. The minimum atomic E-state index is -0.912. The molecule has 0 radical (unpaired) electrons. The lowest BCUT2D eigenvalue weighted by Crippen LogP contribution is -2.44. The van der Waals surface area contributed by atoms with Gasteiger partial charge in [-0.1, -0.05) is 24.3 Å². The lowest BCUT2D eigenvalue weighted by Gasteiger charge is -2.30. The summed E-state index contributed by atoms with van der Waals surface area (Å²) in [6.45, 7) is 2.15. The van der Waals surface area contributed by atoms with Crippen molar-refractivity contribution >= 4 is 12.0 Å². The highest BCUT2D eigenvalue weighted by Gasteiger charge is 2.25. The van der Waals surface area contributed by atoms with Gasteiger partial charge < -0.3 is 15.7 Å². The molecule has 0 bridgehead atoms. The van der Waals surface area contributed by atoms with Crippen molar-refractivity contribution in [2.45, 2.75) is 44.6 Å². The first kappa shape index (κ1) is 15.4. The van der Waals surface area contributed by atoms with Crippen LogP contribution in [0.25, 0.3) is 0 Å². The number of rotatable bonds is 5. The first-order valence-electron chi connectivity index (χ1n) is 7.42. The summed E-state index contributed by atoms with van der Waals surface area (Å²) < 4.78 is 0. The van der Waals surface area contributed by atoms with E-state index in [1.807, 2.05) is 13.0 Å². The molecule has 0 saturated heterocycles. The van der Waals surface area contributed by atoms with E-state index in [1.54, 1.807) is 0 Å². The van der Waals surface area contributed by atoms with Crippen LogP contribution in [-0.4, -0.2) is 29.7 Å². The highest BCUT2D eigenvalue weighted by atomic mass is 16.4. The fourth-order valence-electron chi connectivity index (χ4n) is 2.95. The van der Waals surface area contributed by atoms with Crippen LogP contribution in [-0.2, 0) is 11.2 Å². The zero-order valence-corrected chi connectivity index (χ0v) is 12.3. The molecular weight excluding hydrogens is 268 g/mol. The number of nitrogens with one attached hydrogen (secondary N) is 2. The third kappa shape index (κ3) is 4.21. The van der Waals surface area contributed by atoms with E-state index in [2.05, 4.69) is 28.8 Å². The minimum absolute atomic E-state index is 0.0243. The van der Waals surface area contributed by atoms with Crippen LogP contribution in [0, 0.1) is 0 Å². The number of carbonyl (C=O) groups excluding carboxylic acids is 1. The van der Waals surface area contributed by atoms with Gasteiger partial charge in [0.1, 0.15) is 0 Å². The molecule has 1 aromatic carbocycles. The van der Waals surface area contributed by atoms with Crippen molar-refractivity contribution in [1.82, 2.24) is 10.6 Å². The van der Waals surface area contributed by atoms with E-state index in [-0.39, 0.29) is 25.0 Å². The summed E-state index contributed by atoms with van der Waals surface area (Å²) >= 11 is 0. The second-order valence-electron chi connectivity index (χ2n) is 5.53. The fraction of sp³-hybridized carbons (Fsp3) is 0.500. The largest absolute Gasteiger partial charge is 0.481 e. The predicted octanol–water partition coefficient (Wildman–Crippen LogP) is 2.27. The molecule has 5 heteroatoms. The maximum Gasteiger partial charge on any atom is 0.315 e. The van der Waals surface area contributed by atoms with Gasteiger partial charge in [0.25, 0.3) is 0 Å². The SMILES string of the molecule is C[C@@H](NC(=O)NCCC(=O)O)C1CCCc2ccccc21. The number of carboxylic acids is 1. The molecule has 0 aliphatic heterocycles. The fourth-order valence-corrected chi connectivity index (χ4v) is 2.95. The van der Waals surface area contributed by atoms with E-state index in [0.717, 1.165) is 19.3 Å². The Labute approximate surface area is 124 Å². The summed E-state index contributed by atoms with van der Waals surface area (Å²) in [5.41, 5.74) is 2.69. The van der Waals surface area contributed by atoms with Gasteiger partial charge in [0.05, 0.1) is 6.42 Å². The number of carboxylic acid groups (broad SMARTS) is 1. The maximum atomic E-state index is 11.8. The summed E-state index contributed by atoms with van der Waals surface area (Å²) in [6, 6.07) is 8.11. The molecule has 0 aromatic heterocycles. The summed E-state index contributed by atoms with van der Waals surface area (Å²) in [4.78, 5) is 22.2. The maximum absolute atomic E-state index is 11.8. The molecule has 0 saturated carbocycles. The van der Waals surface area contributed by atoms with Gasteiger partial charge in [0, 0.05) is 18.5 Å². The number of fused-ring (bicyclic) bond motifs is 1. The van der Waals surface area contributed by atoms with Crippen LogP contribution in [0.3, 0.4) is 0 Å². The Morgan fingerprint density at radius 1 is 1.38 bits per heavy atom. The number of hydrogen-bond donors (Lipinski definition) is 3. The molecule has 0 spiro atoms. The second-order valence-corrected chi connectivity index (χ2v) is 5.53. The van der Waals surface area contributed by atoms with Gasteiger partial charge in [0.2, 0.25) is 0 Å². The molecule has 5 nitrogen and oxygen atoms in total. The monoisotopic (exact) mass is 290 g/mol. The van der Waals surface area contributed by atoms with Crippen LogP contribution in [0.1, 0.15) is 43.2 Å². The van der Waals surface area contributed by atoms with E-state index in [0.29, 0.717) is 5.92 Å². The summed E-state index contributed by atoms with van der Waals surface area (Å²) in [7, 11) is 0. The van der Waals surface area contributed by atoms with Gasteiger partial charge in [-0.15, -0.1) is 0 Å². The van der Waals surface area contributed by atoms with Crippen molar-refractivity contribution in [1.29, 1.82) is 0 Å². The molecule has 3 N–H and O–H groups in total. The van der Waals surface area contributed by atoms with Crippen molar-refractivity contribution in [2.75, 3.05) is 6.54 Å². The Morgan fingerprint density at radius 3 is 2.90 bits per heavy atom. The van der Waals surface area contributed by atoms with Crippen LogP contribution in [0.4, 0.5) is 4.79 Å². The van der Waals surface area contributed by atoms with E-state index >= 15 is 0 Å². The number of aliphatic carboxylic acids is 1. The zero-order chi connectivity index (χ0) is 15.2. The minimum Gasteiger partial charge on any atom is -0.481 e. The molecule has 0 fully saturated rings. The van der Waals surface area contributed by atoms with Crippen molar-refractivity contribution in [3.63, 3.8) is 0 Å². The number of aryl methyl sites for hydroxylation is 1. The van der Waals surface area contributed by atoms with Gasteiger partial charge in [-0.25, -0.2) is 4.79 Å². The zero-order valence-electron chi connectivity index (χ0n) is 12.3. The Morgan fingerprint density at radius 2 is 2.14 bits per heavy atom. The molecule has 2 atom stereocenters. The van der Waals surface area contributed by atoms with Gasteiger partial charge in [-0.3, -0.25) is 4.79 Å². The number of urea groups is 1. The van der Waals surface area contributed by atoms with Crippen molar-refractivity contribution in [3.05, 3.63) is 35.4 Å². The molecule has 2 rings (SSSR count). The summed E-state index contributed by atoms with van der Waals surface area (Å²) in [5.74, 6) is -0.593. The number of amides is 2. The Balaban J connectivity index is 1.90. The quantitative estimate of drug-likeness (QED) is 0.778. The summed E-state index contributed by atoms with van der Waals surface area (Å²) in [5, 5.41) is 14.0. The Hall–Kier alpha value is -2.04. The van der Waals surface area contributed by atoms with Crippen molar-refractivity contribution in [2.24, 2.45) is 0 Å². The van der Waals surface area contributed by atoms with Crippen molar-refractivity contribution in [3.8, 4) is 0 Å². The van der Waals surface area contributed by atoms with Gasteiger partial charge in [-0.2, -0.15) is 0 Å². The topological polar surface area (TPSA) is 78.4 Å². The van der Waals surface area contributed by atoms with Crippen LogP contribution >= 0.6 is 0 Å². The van der Waals surface area contributed by atoms with Gasteiger partial charge in [-0.05, 0) is 37.3 Å². The molecule has 21 heavy (non-hydrogen) atoms. The highest BCUT2D eigenvalue weighted by Crippen LogP contribution is 2.33. The van der Waals surface area contributed by atoms with E-state index < -0.39 is 5.97 Å². The van der Waals surface area contributed by atoms with E-state index in [9.17, 15) is 9.59 Å². The third-order valence-electron chi connectivity index (χ3n) is 4.00. The molecule has 1 unspecified atom stereocenters. The average Bonchev–Trinajstić information content (AvgIpc) is 2.46. The Kier molecular flexibility index (Phi) is 5.20. The van der Waals surface area contributed by atoms with E-state index in [4.69, 9.17) is 5.11 Å². The summed E-state index contributed by atoms with van der Waals surface area (Å²) in [6.07, 6.45) is 3.24. The smallest absolute Gasteiger partial charge is 0.315 e. The molecule has 1 aliphatic rings. The number of benzene rings is 1. The molecule has 114 valence electrons. The molecule has 1 aromatic rings. The van der Waals surface area contributed by atoms with Crippen LogP contribution in [0.5, 0.6) is 0 Å². The third-order valence-corrected chi connectivity index (χ3v) is 4.00. The van der Waals surface area contributed by atoms with E-state index in [1.165, 1.54) is 11.1 Å². The normalized spacial score (nSPS) is 18.4. The lowest BCUT2D eigenvalue weighted by molar-refractivity contribution is -0.136.